The highest BCUT2D eigenvalue weighted by molar-refractivity contribution is 6.02. The number of rotatable bonds is 4. The smallest absolute Gasteiger partial charge is 0.257 e. The van der Waals surface area contributed by atoms with Gasteiger partial charge in [-0.05, 0) is 36.8 Å². The zero-order valence-electron chi connectivity index (χ0n) is 17.7. The average molecular weight is 461 g/mol. The molecule has 1 saturated heterocycles. The summed E-state index contributed by atoms with van der Waals surface area (Å²) in [6.45, 7) is 1.52. The number of hydrogen-bond donors (Lipinski definition) is 0. The third-order valence-electron chi connectivity index (χ3n) is 5.97. The van der Waals surface area contributed by atoms with Crippen LogP contribution in [0.4, 0.5) is 22.0 Å². The highest BCUT2D eigenvalue weighted by atomic mass is 19.3. The van der Waals surface area contributed by atoms with Crippen molar-refractivity contribution >= 4 is 5.84 Å². The van der Waals surface area contributed by atoms with E-state index in [0.717, 1.165) is 18.2 Å². The second-order valence-electron chi connectivity index (χ2n) is 8.30. The number of alkyl halides is 3. The van der Waals surface area contributed by atoms with Gasteiger partial charge in [0, 0.05) is 35.5 Å². The molecule has 0 radical (unpaired) electrons. The molecule has 0 bridgehead atoms. The van der Waals surface area contributed by atoms with Gasteiger partial charge in [-0.1, -0.05) is 0 Å². The predicted octanol–water partition coefficient (Wildman–Crippen LogP) is 4.84. The van der Waals surface area contributed by atoms with Crippen molar-refractivity contribution in [2.24, 2.45) is 4.99 Å². The molecule has 0 spiro atoms. The number of nitrogens with zero attached hydrogens (tertiary/aromatic N) is 5. The fourth-order valence-corrected chi connectivity index (χ4v) is 4.55. The first-order chi connectivity index (χ1) is 15.8. The molecule has 5 nitrogen and oxygen atoms in total. The van der Waals surface area contributed by atoms with Gasteiger partial charge in [0.1, 0.15) is 30.2 Å². The van der Waals surface area contributed by atoms with Crippen molar-refractivity contribution in [1.29, 1.82) is 0 Å². The molecule has 10 heteroatoms. The first-order valence-electron chi connectivity index (χ1n) is 10.5. The van der Waals surface area contributed by atoms with E-state index in [1.807, 2.05) is 0 Å². The molecular weight excluding hydrogens is 441 g/mol. The van der Waals surface area contributed by atoms with Crippen LogP contribution in [-0.4, -0.2) is 44.6 Å². The average Bonchev–Trinajstić information content (AvgIpc) is 3.45. The summed E-state index contributed by atoms with van der Waals surface area (Å²) in [4.78, 5) is 10.6. The van der Waals surface area contributed by atoms with Crippen molar-refractivity contribution in [2.45, 2.75) is 45.1 Å². The van der Waals surface area contributed by atoms with E-state index < -0.39 is 36.8 Å². The second-order valence-corrected chi connectivity index (χ2v) is 8.30. The number of aryl methyl sites for hydroxylation is 1. The first kappa shape index (κ1) is 21.5. The fourth-order valence-electron chi connectivity index (χ4n) is 4.55. The van der Waals surface area contributed by atoms with Crippen LogP contribution in [0.2, 0.25) is 0 Å². The highest BCUT2D eigenvalue weighted by Crippen LogP contribution is 2.38. The Morgan fingerprint density at radius 3 is 2.79 bits per heavy atom. The van der Waals surface area contributed by atoms with E-state index in [0.29, 0.717) is 33.9 Å². The molecular formula is C23H20F5N5. The monoisotopic (exact) mass is 461 g/mol. The van der Waals surface area contributed by atoms with Crippen LogP contribution in [0.15, 0.2) is 41.7 Å². The van der Waals surface area contributed by atoms with Crippen LogP contribution in [0.1, 0.15) is 34.8 Å². The van der Waals surface area contributed by atoms with Crippen LogP contribution >= 0.6 is 0 Å². The molecule has 5 rings (SSSR count). The van der Waals surface area contributed by atoms with Crippen LogP contribution in [0.3, 0.4) is 0 Å². The lowest BCUT2D eigenvalue weighted by Crippen LogP contribution is -2.32. The fraction of sp³-hybridized carbons (Fsp3) is 0.348. The molecule has 1 fully saturated rings. The summed E-state index contributed by atoms with van der Waals surface area (Å²) >= 11 is 0. The Morgan fingerprint density at radius 1 is 1.18 bits per heavy atom. The molecule has 1 aromatic carbocycles. The largest absolute Gasteiger partial charge is 0.346 e. The number of pyridine rings is 1. The maximum Gasteiger partial charge on any atom is 0.257 e. The number of aliphatic imine (C=N–C) groups is 1. The Labute approximate surface area is 186 Å². The Kier molecular flexibility index (Phi) is 5.38. The molecule has 0 saturated carbocycles. The second kappa shape index (κ2) is 8.24. The minimum atomic E-state index is -2.53. The summed E-state index contributed by atoms with van der Waals surface area (Å²) in [6.07, 6.45) is -0.601. The lowest BCUT2D eigenvalue weighted by Gasteiger charge is -2.27. The van der Waals surface area contributed by atoms with Crippen LogP contribution in [-0.2, 0) is 13.1 Å². The van der Waals surface area contributed by atoms with Crippen LogP contribution < -0.4 is 0 Å². The van der Waals surface area contributed by atoms with Gasteiger partial charge in [0.05, 0.1) is 30.5 Å². The molecule has 2 aliphatic rings. The summed E-state index contributed by atoms with van der Waals surface area (Å²) in [6, 6.07) is 4.24. The van der Waals surface area contributed by atoms with Crippen LogP contribution in [0.25, 0.3) is 11.3 Å². The van der Waals surface area contributed by atoms with Crippen molar-refractivity contribution in [3.63, 3.8) is 0 Å². The maximum absolute atomic E-state index is 14.5. The molecule has 2 aromatic heterocycles. The summed E-state index contributed by atoms with van der Waals surface area (Å²) in [5, 5.41) is 4.26. The van der Waals surface area contributed by atoms with Crippen molar-refractivity contribution in [1.82, 2.24) is 19.7 Å². The van der Waals surface area contributed by atoms with Gasteiger partial charge in [-0.3, -0.25) is 14.7 Å². The molecule has 0 amide bonds. The number of aromatic nitrogens is 3. The van der Waals surface area contributed by atoms with Gasteiger partial charge in [-0.15, -0.1) is 0 Å². The van der Waals surface area contributed by atoms with E-state index >= 15 is 0 Å². The minimum Gasteiger partial charge on any atom is -0.346 e. The Hall–Kier alpha value is -3.30. The lowest BCUT2D eigenvalue weighted by atomic mass is 10.0. The molecule has 4 heterocycles. The molecule has 3 aromatic rings. The predicted molar refractivity (Wildman–Crippen MR) is 112 cm³/mol. The third-order valence-corrected chi connectivity index (χ3v) is 5.97. The van der Waals surface area contributed by atoms with Crippen molar-refractivity contribution in [3.8, 4) is 11.3 Å². The quantitative estimate of drug-likeness (QED) is 0.523. The first-order valence-corrected chi connectivity index (χ1v) is 10.5. The van der Waals surface area contributed by atoms with Crippen molar-refractivity contribution < 1.29 is 22.0 Å². The topological polar surface area (TPSA) is 46.3 Å². The summed E-state index contributed by atoms with van der Waals surface area (Å²) in [7, 11) is 0. The van der Waals surface area contributed by atoms with Gasteiger partial charge in [0.2, 0.25) is 0 Å². The molecule has 172 valence electrons. The Bertz CT molecular complexity index is 1240. The third kappa shape index (κ3) is 3.98. The van der Waals surface area contributed by atoms with Crippen molar-refractivity contribution in [3.05, 3.63) is 70.7 Å². The summed E-state index contributed by atoms with van der Waals surface area (Å²) in [5.74, 6) is -0.745. The SMILES string of the molecule is Cc1cn(CC(F)F)nc1-c1cnc2c(c1)C(N1C[C@@H](F)C[C@@H]1c1cc(F)ccc1F)=NC2. The minimum absolute atomic E-state index is 0.00877. The molecule has 0 N–H and O–H groups in total. The zero-order chi connectivity index (χ0) is 23.3. The number of halogens is 5. The van der Waals surface area contributed by atoms with E-state index in [4.69, 9.17) is 0 Å². The van der Waals surface area contributed by atoms with E-state index in [1.54, 1.807) is 30.3 Å². The van der Waals surface area contributed by atoms with Crippen LogP contribution in [0, 0.1) is 18.6 Å². The van der Waals surface area contributed by atoms with Gasteiger partial charge in [-0.25, -0.2) is 22.0 Å². The Balaban J connectivity index is 1.50. The van der Waals surface area contributed by atoms with E-state index in [2.05, 4.69) is 15.1 Å². The number of hydrogen-bond acceptors (Lipinski definition) is 4. The molecule has 0 unspecified atom stereocenters. The van der Waals surface area contributed by atoms with Gasteiger partial charge in [-0.2, -0.15) is 5.10 Å². The number of likely N-dealkylation sites (tertiary alicyclic amines) is 1. The van der Waals surface area contributed by atoms with E-state index in [9.17, 15) is 22.0 Å². The Morgan fingerprint density at radius 2 is 2.00 bits per heavy atom. The normalized spacial score (nSPS) is 20.0. The molecule has 0 aliphatic carbocycles. The molecule has 33 heavy (non-hydrogen) atoms. The van der Waals surface area contributed by atoms with Gasteiger partial charge < -0.3 is 4.90 Å². The standard InChI is InChI=1S/C23H20F5N5/c1-12-9-32(11-21(27)28)31-22(12)13-4-17-19(29-7-13)8-30-23(17)33-10-15(25)6-20(33)16-5-14(24)2-3-18(16)26/h2-5,7,9,15,20-21H,6,8,10-11H2,1H3/t15-,20+/m0/s1. The summed E-state index contributed by atoms with van der Waals surface area (Å²) < 4.78 is 69.5. The lowest BCUT2D eigenvalue weighted by molar-refractivity contribution is 0.122. The zero-order valence-corrected chi connectivity index (χ0v) is 17.7. The van der Waals surface area contributed by atoms with Crippen LogP contribution in [0.5, 0.6) is 0 Å². The van der Waals surface area contributed by atoms with E-state index in [-0.39, 0.29) is 25.1 Å². The van der Waals surface area contributed by atoms with Gasteiger partial charge in [0.25, 0.3) is 6.43 Å². The number of amidine groups is 1. The molecule has 2 aliphatic heterocycles. The van der Waals surface area contributed by atoms with Gasteiger partial charge in [0.15, 0.2) is 0 Å². The highest BCUT2D eigenvalue weighted by Gasteiger charge is 2.39. The van der Waals surface area contributed by atoms with Gasteiger partial charge >= 0.3 is 0 Å². The summed E-state index contributed by atoms with van der Waals surface area (Å²) in [5.41, 5.74) is 3.22. The number of benzene rings is 1. The van der Waals surface area contributed by atoms with E-state index in [1.165, 1.54) is 4.68 Å². The molecule has 2 atom stereocenters. The maximum atomic E-state index is 14.5. The van der Waals surface area contributed by atoms with Crippen molar-refractivity contribution in [2.75, 3.05) is 6.54 Å². The number of fused-ring (bicyclic) bond motifs is 1.